The number of nitrogen functional groups attached to an aromatic ring is 1. The number of benzene rings is 1. The summed E-state index contributed by atoms with van der Waals surface area (Å²) in [5.41, 5.74) is 12.9. The number of halogens is 1. The lowest BCUT2D eigenvalue weighted by molar-refractivity contribution is 0.400. The van der Waals surface area contributed by atoms with Gasteiger partial charge in [-0.05, 0) is 51.8 Å². The number of hydrogen-bond donors (Lipinski definition) is 3. The number of nitrogens with zero attached hydrogens (tertiary/aromatic N) is 2. The Hall–Kier alpha value is -1.94. The summed E-state index contributed by atoms with van der Waals surface area (Å²) in [5, 5.41) is 0. The fraction of sp³-hybridized carbons (Fsp3) is 0.444. The third-order valence-electron chi connectivity index (χ3n) is 4.35. The van der Waals surface area contributed by atoms with Gasteiger partial charge in [0.1, 0.15) is 0 Å². The monoisotopic (exact) mass is 429 g/mol. The number of anilines is 1. The minimum atomic E-state index is -3.62. The van der Waals surface area contributed by atoms with Gasteiger partial charge in [0.15, 0.2) is 0 Å². The van der Waals surface area contributed by atoms with Crippen molar-refractivity contribution in [2.24, 2.45) is 5.73 Å². The Balaban J connectivity index is 0.00000392. The van der Waals surface area contributed by atoms with Crippen molar-refractivity contribution in [2.45, 2.75) is 38.0 Å². The molecule has 0 fully saturated rings. The number of aromatic amines is 1. The van der Waals surface area contributed by atoms with E-state index in [1.807, 2.05) is 6.92 Å². The zero-order valence-corrected chi connectivity index (χ0v) is 17.8. The number of nitrogens with one attached hydrogen (secondary N) is 1. The van der Waals surface area contributed by atoms with Crippen molar-refractivity contribution >= 4 is 28.4 Å². The van der Waals surface area contributed by atoms with Gasteiger partial charge >= 0.3 is 0 Å². The maximum atomic E-state index is 13.0. The second-order valence-corrected chi connectivity index (χ2v) is 8.42. The molecule has 28 heavy (non-hydrogen) atoms. The minimum Gasteiger partial charge on any atom is -0.369 e. The quantitative estimate of drug-likeness (QED) is 0.550. The van der Waals surface area contributed by atoms with Crippen LogP contribution in [-0.2, 0) is 16.4 Å². The molecule has 5 N–H and O–H groups in total. The van der Waals surface area contributed by atoms with E-state index >= 15 is 0 Å². The molecule has 0 spiro atoms. The van der Waals surface area contributed by atoms with Gasteiger partial charge < -0.3 is 11.5 Å². The molecule has 1 aromatic heterocycles. The predicted octanol–water partition coefficient (Wildman–Crippen LogP) is 1.36. The Labute approximate surface area is 171 Å². The Morgan fingerprint density at radius 2 is 1.71 bits per heavy atom. The van der Waals surface area contributed by atoms with Crippen LogP contribution in [0.5, 0.6) is 0 Å². The molecule has 2 aromatic rings. The van der Waals surface area contributed by atoms with Crippen LogP contribution in [0.15, 0.2) is 34.0 Å². The normalized spacial score (nSPS) is 11.4. The smallest absolute Gasteiger partial charge is 0.255 e. The number of hydrogen-bond acceptors (Lipinski definition) is 6. The Kier molecular flexibility index (Phi) is 9.09. The average Bonchev–Trinajstić information content (AvgIpc) is 2.59. The molecule has 0 amide bonds. The third kappa shape index (κ3) is 6.03. The van der Waals surface area contributed by atoms with Crippen molar-refractivity contribution in [3.63, 3.8) is 0 Å². The van der Waals surface area contributed by atoms with E-state index < -0.39 is 10.0 Å². The summed E-state index contributed by atoms with van der Waals surface area (Å²) in [6.45, 7) is 4.65. The first-order chi connectivity index (χ1) is 12.8. The molecule has 0 bridgehead atoms. The topological polar surface area (TPSA) is 135 Å². The molecular formula is C18H28ClN5O3S. The first kappa shape index (κ1) is 24.1. The second-order valence-electron chi connectivity index (χ2n) is 6.48. The van der Waals surface area contributed by atoms with E-state index in [1.165, 1.54) is 4.31 Å². The van der Waals surface area contributed by atoms with E-state index in [4.69, 9.17) is 11.5 Å². The summed E-state index contributed by atoms with van der Waals surface area (Å²) < 4.78 is 27.3. The van der Waals surface area contributed by atoms with Crippen LogP contribution in [-0.4, -0.2) is 42.3 Å². The highest BCUT2D eigenvalue weighted by Gasteiger charge is 2.23. The summed E-state index contributed by atoms with van der Waals surface area (Å²) >= 11 is 0. The number of nitrogens with two attached hydrogens (primary N) is 2. The average molecular weight is 430 g/mol. The molecule has 0 aliphatic heterocycles. The number of sulfonamides is 1. The standard InChI is InChI=1S/C18H27N5O3S.ClH/c1-13-6-8-15(9-7-13)27(25,26)23(12-4-10-19)11-3-5-16-14(2)21-18(20)22-17(16)24;/h6-9H,3-5,10-12,19H2,1-2H3,(H3,20,21,22,24);1H. The van der Waals surface area contributed by atoms with Crippen molar-refractivity contribution in [2.75, 3.05) is 25.4 Å². The van der Waals surface area contributed by atoms with E-state index in [0.717, 1.165) is 5.56 Å². The van der Waals surface area contributed by atoms with E-state index in [9.17, 15) is 13.2 Å². The van der Waals surface area contributed by atoms with Crippen molar-refractivity contribution < 1.29 is 8.42 Å². The Bertz CT molecular complexity index is 929. The third-order valence-corrected chi connectivity index (χ3v) is 6.26. The molecule has 2 rings (SSSR count). The van der Waals surface area contributed by atoms with Crippen LogP contribution in [0.2, 0.25) is 0 Å². The molecule has 0 aliphatic carbocycles. The SMILES string of the molecule is Cc1ccc(S(=O)(=O)N(CCCN)CCCc2c(C)nc(N)[nH]c2=O)cc1.Cl. The summed E-state index contributed by atoms with van der Waals surface area (Å²) in [7, 11) is -3.62. The lowest BCUT2D eigenvalue weighted by Crippen LogP contribution is -2.34. The highest BCUT2D eigenvalue weighted by atomic mass is 35.5. The van der Waals surface area contributed by atoms with Gasteiger partial charge in [0.2, 0.25) is 16.0 Å². The Morgan fingerprint density at radius 3 is 2.29 bits per heavy atom. The minimum absolute atomic E-state index is 0. The summed E-state index contributed by atoms with van der Waals surface area (Å²) in [5.74, 6) is 0.0766. The molecule has 0 unspecified atom stereocenters. The lowest BCUT2D eigenvalue weighted by Gasteiger charge is -2.22. The number of aryl methyl sites for hydroxylation is 2. The second kappa shape index (κ2) is 10.6. The zero-order chi connectivity index (χ0) is 20.0. The lowest BCUT2D eigenvalue weighted by atomic mass is 10.1. The van der Waals surface area contributed by atoms with Gasteiger partial charge in [-0.25, -0.2) is 13.4 Å². The molecule has 10 heteroatoms. The van der Waals surface area contributed by atoms with Gasteiger partial charge in [0, 0.05) is 24.3 Å². The fourth-order valence-electron chi connectivity index (χ4n) is 2.84. The van der Waals surface area contributed by atoms with Gasteiger partial charge in [0.05, 0.1) is 4.90 Å². The summed E-state index contributed by atoms with van der Waals surface area (Å²) in [4.78, 5) is 18.8. The first-order valence-electron chi connectivity index (χ1n) is 8.88. The Morgan fingerprint density at radius 1 is 1.11 bits per heavy atom. The largest absolute Gasteiger partial charge is 0.369 e. The van der Waals surface area contributed by atoms with E-state index in [0.29, 0.717) is 50.2 Å². The van der Waals surface area contributed by atoms with E-state index in [-0.39, 0.29) is 28.8 Å². The number of rotatable bonds is 9. The summed E-state index contributed by atoms with van der Waals surface area (Å²) in [6, 6.07) is 6.77. The molecule has 156 valence electrons. The molecule has 8 nitrogen and oxygen atoms in total. The summed E-state index contributed by atoms with van der Waals surface area (Å²) in [6.07, 6.45) is 1.47. The van der Waals surface area contributed by atoms with Crippen LogP contribution < -0.4 is 17.0 Å². The van der Waals surface area contributed by atoms with Crippen LogP contribution in [0.25, 0.3) is 0 Å². The van der Waals surface area contributed by atoms with E-state index in [1.54, 1.807) is 31.2 Å². The van der Waals surface area contributed by atoms with Crippen LogP contribution in [0.4, 0.5) is 5.95 Å². The zero-order valence-electron chi connectivity index (χ0n) is 16.1. The van der Waals surface area contributed by atoms with Crippen LogP contribution in [0, 0.1) is 13.8 Å². The van der Waals surface area contributed by atoms with Gasteiger partial charge in [-0.15, -0.1) is 12.4 Å². The molecule has 0 radical (unpaired) electrons. The van der Waals surface area contributed by atoms with Crippen molar-refractivity contribution in [3.05, 3.63) is 51.4 Å². The van der Waals surface area contributed by atoms with Gasteiger partial charge in [-0.3, -0.25) is 9.78 Å². The first-order valence-corrected chi connectivity index (χ1v) is 10.3. The molecule has 0 atom stereocenters. The highest BCUT2D eigenvalue weighted by Crippen LogP contribution is 2.17. The molecule has 1 heterocycles. The van der Waals surface area contributed by atoms with Crippen molar-refractivity contribution in [1.82, 2.24) is 14.3 Å². The van der Waals surface area contributed by atoms with Gasteiger partial charge in [0.25, 0.3) is 5.56 Å². The van der Waals surface area contributed by atoms with Crippen LogP contribution in [0.1, 0.15) is 29.7 Å². The molecule has 0 saturated carbocycles. The molecule has 0 saturated heterocycles. The molecule has 0 aliphatic rings. The van der Waals surface area contributed by atoms with Crippen LogP contribution >= 0.6 is 12.4 Å². The number of aromatic nitrogens is 2. The molecular weight excluding hydrogens is 402 g/mol. The molecule has 1 aromatic carbocycles. The van der Waals surface area contributed by atoms with Crippen LogP contribution in [0.3, 0.4) is 0 Å². The number of H-pyrrole nitrogens is 1. The van der Waals surface area contributed by atoms with Gasteiger partial charge in [-0.1, -0.05) is 17.7 Å². The van der Waals surface area contributed by atoms with Crippen molar-refractivity contribution in [3.8, 4) is 0 Å². The predicted molar refractivity (Wildman–Crippen MR) is 113 cm³/mol. The maximum Gasteiger partial charge on any atom is 0.255 e. The van der Waals surface area contributed by atoms with Crippen molar-refractivity contribution in [1.29, 1.82) is 0 Å². The fourth-order valence-corrected chi connectivity index (χ4v) is 4.35. The highest BCUT2D eigenvalue weighted by molar-refractivity contribution is 7.89. The van der Waals surface area contributed by atoms with E-state index in [2.05, 4.69) is 9.97 Å². The van der Waals surface area contributed by atoms with Gasteiger partial charge in [-0.2, -0.15) is 4.31 Å². The maximum absolute atomic E-state index is 13.0.